The van der Waals surface area contributed by atoms with Crippen LogP contribution in [0.3, 0.4) is 0 Å². The van der Waals surface area contributed by atoms with Crippen molar-refractivity contribution in [2.45, 2.75) is 13.3 Å². The number of aliphatic hydroxyl groups is 1. The van der Waals surface area contributed by atoms with Gasteiger partial charge in [0, 0.05) is 18.7 Å². The molecule has 0 saturated carbocycles. The zero-order valence-electron chi connectivity index (χ0n) is 10.8. The van der Waals surface area contributed by atoms with Crippen molar-refractivity contribution in [3.63, 3.8) is 0 Å². The van der Waals surface area contributed by atoms with Gasteiger partial charge >= 0.3 is 0 Å². The number of carbonyl (C=O) groups excluding carboxylic acids is 1. The molecule has 1 aromatic heterocycles. The minimum absolute atomic E-state index is 0.0626. The van der Waals surface area contributed by atoms with E-state index in [9.17, 15) is 4.79 Å². The molecule has 0 fully saturated rings. The number of amides is 1. The SMILES string of the molecule is Cc1ccc(-c2ccc(C(=O)NCCCO)o2)cc1. The van der Waals surface area contributed by atoms with Crippen molar-refractivity contribution < 1.29 is 14.3 Å². The second-order valence-electron chi connectivity index (χ2n) is 4.36. The number of hydrogen-bond acceptors (Lipinski definition) is 3. The second kappa shape index (κ2) is 6.20. The summed E-state index contributed by atoms with van der Waals surface area (Å²) in [5.41, 5.74) is 2.12. The molecule has 0 spiro atoms. The molecule has 4 nitrogen and oxygen atoms in total. The van der Waals surface area contributed by atoms with E-state index >= 15 is 0 Å². The topological polar surface area (TPSA) is 62.5 Å². The molecule has 0 bridgehead atoms. The lowest BCUT2D eigenvalue weighted by atomic mass is 10.1. The molecule has 1 aromatic carbocycles. The minimum atomic E-state index is -0.258. The first kappa shape index (κ1) is 13.4. The fraction of sp³-hybridized carbons (Fsp3) is 0.267. The number of aliphatic hydroxyl groups excluding tert-OH is 1. The van der Waals surface area contributed by atoms with Gasteiger partial charge in [0.1, 0.15) is 5.76 Å². The molecule has 0 atom stereocenters. The first-order valence-corrected chi connectivity index (χ1v) is 6.26. The normalized spacial score (nSPS) is 10.4. The van der Waals surface area contributed by atoms with Crippen LogP contribution in [0.1, 0.15) is 22.5 Å². The van der Waals surface area contributed by atoms with Gasteiger partial charge in [0.25, 0.3) is 5.91 Å². The predicted octanol–water partition coefficient (Wildman–Crippen LogP) is 2.37. The number of aryl methyl sites for hydroxylation is 1. The van der Waals surface area contributed by atoms with Gasteiger partial charge in [-0.15, -0.1) is 0 Å². The van der Waals surface area contributed by atoms with Crippen molar-refractivity contribution in [2.24, 2.45) is 0 Å². The standard InChI is InChI=1S/C15H17NO3/c1-11-3-5-12(6-4-11)13-7-8-14(19-13)15(18)16-9-2-10-17/h3-8,17H,2,9-10H2,1H3,(H,16,18). The average Bonchev–Trinajstić information content (AvgIpc) is 2.89. The second-order valence-corrected chi connectivity index (χ2v) is 4.36. The van der Waals surface area contributed by atoms with Crippen LogP contribution in [0, 0.1) is 6.92 Å². The summed E-state index contributed by atoms with van der Waals surface area (Å²) in [6.07, 6.45) is 0.539. The van der Waals surface area contributed by atoms with Crippen molar-refractivity contribution >= 4 is 5.91 Å². The van der Waals surface area contributed by atoms with Crippen LogP contribution >= 0.6 is 0 Å². The van der Waals surface area contributed by atoms with Gasteiger partial charge in [-0.25, -0.2) is 0 Å². The van der Waals surface area contributed by atoms with Crippen LogP contribution < -0.4 is 5.32 Å². The third-order valence-corrected chi connectivity index (χ3v) is 2.79. The van der Waals surface area contributed by atoms with E-state index in [0.717, 1.165) is 5.56 Å². The van der Waals surface area contributed by atoms with Crippen LogP contribution in [0.2, 0.25) is 0 Å². The van der Waals surface area contributed by atoms with E-state index in [4.69, 9.17) is 9.52 Å². The first-order chi connectivity index (χ1) is 9.20. The van der Waals surface area contributed by atoms with E-state index < -0.39 is 0 Å². The maximum atomic E-state index is 11.7. The lowest BCUT2D eigenvalue weighted by molar-refractivity contribution is 0.0924. The highest BCUT2D eigenvalue weighted by molar-refractivity contribution is 5.92. The smallest absolute Gasteiger partial charge is 0.287 e. The maximum Gasteiger partial charge on any atom is 0.287 e. The Balaban J connectivity index is 2.06. The van der Waals surface area contributed by atoms with Crippen LogP contribution in [0.15, 0.2) is 40.8 Å². The van der Waals surface area contributed by atoms with Crippen molar-refractivity contribution in [1.82, 2.24) is 5.32 Å². The zero-order valence-corrected chi connectivity index (χ0v) is 10.8. The van der Waals surface area contributed by atoms with Gasteiger partial charge in [-0.05, 0) is 25.5 Å². The maximum absolute atomic E-state index is 11.7. The minimum Gasteiger partial charge on any atom is -0.451 e. The van der Waals surface area contributed by atoms with Crippen molar-refractivity contribution in [3.8, 4) is 11.3 Å². The number of hydrogen-bond donors (Lipinski definition) is 2. The first-order valence-electron chi connectivity index (χ1n) is 6.26. The molecule has 1 heterocycles. The van der Waals surface area contributed by atoms with Gasteiger partial charge < -0.3 is 14.8 Å². The van der Waals surface area contributed by atoms with Gasteiger partial charge in [0.15, 0.2) is 5.76 Å². The van der Waals surface area contributed by atoms with Gasteiger partial charge in [-0.2, -0.15) is 0 Å². The predicted molar refractivity (Wildman–Crippen MR) is 72.9 cm³/mol. The van der Waals surface area contributed by atoms with Crippen LogP contribution in [-0.2, 0) is 0 Å². The van der Waals surface area contributed by atoms with Gasteiger partial charge in [0.2, 0.25) is 0 Å². The highest BCUT2D eigenvalue weighted by atomic mass is 16.3. The monoisotopic (exact) mass is 259 g/mol. The summed E-state index contributed by atoms with van der Waals surface area (Å²) in [6.45, 7) is 2.52. The summed E-state index contributed by atoms with van der Waals surface area (Å²) in [7, 11) is 0. The molecular formula is C15H17NO3. The molecule has 4 heteroatoms. The van der Waals surface area contributed by atoms with E-state index in [0.29, 0.717) is 18.7 Å². The molecular weight excluding hydrogens is 242 g/mol. The van der Waals surface area contributed by atoms with E-state index in [-0.39, 0.29) is 18.3 Å². The molecule has 2 rings (SSSR count). The summed E-state index contributed by atoms with van der Waals surface area (Å²) < 4.78 is 5.53. The molecule has 0 radical (unpaired) electrons. The Morgan fingerprint density at radius 3 is 2.63 bits per heavy atom. The molecule has 0 aliphatic rings. The number of nitrogens with one attached hydrogen (secondary N) is 1. The summed E-state index contributed by atoms with van der Waals surface area (Å²) >= 11 is 0. The molecule has 0 saturated heterocycles. The largest absolute Gasteiger partial charge is 0.451 e. The quantitative estimate of drug-likeness (QED) is 0.810. The molecule has 0 aliphatic carbocycles. The Bertz CT molecular complexity index is 543. The number of benzene rings is 1. The van der Waals surface area contributed by atoms with E-state index in [2.05, 4.69) is 5.32 Å². The Morgan fingerprint density at radius 2 is 1.95 bits per heavy atom. The van der Waals surface area contributed by atoms with Crippen molar-refractivity contribution in [3.05, 3.63) is 47.7 Å². The van der Waals surface area contributed by atoms with E-state index in [1.807, 2.05) is 31.2 Å². The summed E-state index contributed by atoms with van der Waals surface area (Å²) in [4.78, 5) is 11.7. The average molecular weight is 259 g/mol. The Morgan fingerprint density at radius 1 is 1.21 bits per heavy atom. The molecule has 2 N–H and O–H groups in total. The van der Waals surface area contributed by atoms with E-state index in [1.54, 1.807) is 12.1 Å². The highest BCUT2D eigenvalue weighted by Crippen LogP contribution is 2.22. The van der Waals surface area contributed by atoms with Crippen LogP contribution in [0.5, 0.6) is 0 Å². The Kier molecular flexibility index (Phi) is 4.36. The molecule has 0 aliphatic heterocycles. The van der Waals surface area contributed by atoms with E-state index in [1.165, 1.54) is 5.56 Å². The third kappa shape index (κ3) is 3.45. The van der Waals surface area contributed by atoms with Crippen molar-refractivity contribution in [2.75, 3.05) is 13.2 Å². The molecule has 1 amide bonds. The molecule has 100 valence electrons. The van der Waals surface area contributed by atoms with Crippen LogP contribution in [0.25, 0.3) is 11.3 Å². The number of rotatable bonds is 5. The Labute approximate surface area is 112 Å². The summed E-state index contributed by atoms with van der Waals surface area (Å²) in [6, 6.07) is 11.4. The zero-order chi connectivity index (χ0) is 13.7. The molecule has 19 heavy (non-hydrogen) atoms. The van der Waals surface area contributed by atoms with Gasteiger partial charge in [-0.3, -0.25) is 4.79 Å². The van der Waals surface area contributed by atoms with Crippen LogP contribution in [0.4, 0.5) is 0 Å². The third-order valence-electron chi connectivity index (χ3n) is 2.79. The summed E-state index contributed by atoms with van der Waals surface area (Å²) in [5, 5.41) is 11.3. The molecule has 0 unspecified atom stereocenters. The highest BCUT2D eigenvalue weighted by Gasteiger charge is 2.11. The lowest BCUT2D eigenvalue weighted by Gasteiger charge is -2.01. The van der Waals surface area contributed by atoms with Gasteiger partial charge in [0.05, 0.1) is 0 Å². The Hall–Kier alpha value is -2.07. The lowest BCUT2D eigenvalue weighted by Crippen LogP contribution is -2.24. The van der Waals surface area contributed by atoms with Gasteiger partial charge in [-0.1, -0.05) is 29.8 Å². The fourth-order valence-electron chi connectivity index (χ4n) is 1.70. The van der Waals surface area contributed by atoms with Crippen molar-refractivity contribution in [1.29, 1.82) is 0 Å². The summed E-state index contributed by atoms with van der Waals surface area (Å²) in [5.74, 6) is 0.702. The number of carbonyl (C=O) groups is 1. The number of furan rings is 1. The van der Waals surface area contributed by atoms with Crippen LogP contribution in [-0.4, -0.2) is 24.2 Å². The fourth-order valence-corrected chi connectivity index (χ4v) is 1.70. The molecule has 2 aromatic rings.